The zero-order chi connectivity index (χ0) is 22.8. The van der Waals surface area contributed by atoms with Crippen molar-refractivity contribution in [2.24, 2.45) is 0 Å². The van der Waals surface area contributed by atoms with Gasteiger partial charge in [-0.25, -0.2) is 0 Å². The van der Waals surface area contributed by atoms with Crippen LogP contribution in [0.2, 0.25) is 0 Å². The zero-order valence-corrected chi connectivity index (χ0v) is 19.5. The lowest BCUT2D eigenvalue weighted by Crippen LogP contribution is -2.41. The molecule has 0 spiro atoms. The fourth-order valence-corrected chi connectivity index (χ4v) is 4.72. The van der Waals surface area contributed by atoms with Crippen LogP contribution in [0.15, 0.2) is 23.0 Å². The van der Waals surface area contributed by atoms with Crippen LogP contribution in [0, 0.1) is 20.8 Å². The zero-order valence-electron chi connectivity index (χ0n) is 19.5. The molecular formula is C25H34N4O3. The topological polar surface area (TPSA) is 86.5 Å². The Kier molecular flexibility index (Phi) is 6.67. The monoisotopic (exact) mass is 438 g/mol. The molecule has 2 saturated heterocycles. The molecule has 0 saturated carbocycles. The van der Waals surface area contributed by atoms with Gasteiger partial charge < -0.3 is 25.3 Å². The molecule has 1 aromatic heterocycles. The number of carbonyl (C=O) groups is 1. The number of rotatable bonds is 6. The lowest BCUT2D eigenvalue weighted by molar-refractivity contribution is 0.0854. The number of hydrogen-bond donors (Lipinski definition) is 3. The van der Waals surface area contributed by atoms with Gasteiger partial charge in [0.2, 0.25) is 0 Å². The van der Waals surface area contributed by atoms with Crippen molar-refractivity contribution < 1.29 is 9.53 Å². The van der Waals surface area contributed by atoms with Gasteiger partial charge in [-0.3, -0.25) is 9.59 Å². The average molecular weight is 439 g/mol. The van der Waals surface area contributed by atoms with Gasteiger partial charge >= 0.3 is 0 Å². The number of aryl methyl sites for hydroxylation is 2. The third kappa shape index (κ3) is 4.59. The van der Waals surface area contributed by atoms with Crippen LogP contribution in [0.5, 0.6) is 0 Å². The van der Waals surface area contributed by atoms with Crippen LogP contribution >= 0.6 is 0 Å². The van der Waals surface area contributed by atoms with Gasteiger partial charge in [0.05, 0.1) is 0 Å². The Morgan fingerprint density at radius 3 is 2.50 bits per heavy atom. The van der Waals surface area contributed by atoms with Crippen molar-refractivity contribution in [3.8, 4) is 0 Å². The summed E-state index contributed by atoms with van der Waals surface area (Å²) in [5, 5.41) is 6.32. The Bertz CT molecular complexity index is 1050. The fourth-order valence-electron chi connectivity index (χ4n) is 4.72. The first-order valence-electron chi connectivity index (χ1n) is 11.5. The average Bonchev–Trinajstić information content (AvgIpc) is 2.72. The highest BCUT2D eigenvalue weighted by Crippen LogP contribution is 2.32. The van der Waals surface area contributed by atoms with Gasteiger partial charge in [-0.15, -0.1) is 0 Å². The number of nitrogens with one attached hydrogen (secondary N) is 3. The quantitative estimate of drug-likeness (QED) is 0.645. The Labute approximate surface area is 189 Å². The second-order valence-corrected chi connectivity index (χ2v) is 9.15. The summed E-state index contributed by atoms with van der Waals surface area (Å²) in [7, 11) is 2.12. The van der Waals surface area contributed by atoms with Crippen molar-refractivity contribution in [1.29, 1.82) is 0 Å². The molecule has 3 heterocycles. The second-order valence-electron chi connectivity index (χ2n) is 9.15. The highest BCUT2D eigenvalue weighted by molar-refractivity contribution is 5.97. The minimum absolute atomic E-state index is 0.141. The minimum Gasteiger partial charge on any atom is -0.381 e. The van der Waals surface area contributed by atoms with Crippen LogP contribution in [0.25, 0.3) is 0 Å². The maximum absolute atomic E-state index is 13.3. The molecule has 4 rings (SSSR count). The summed E-state index contributed by atoms with van der Waals surface area (Å²) in [5.41, 5.74) is 6.12. The smallest absolute Gasteiger partial charge is 0.253 e. The SMILES string of the molecule is Cc1cc(C)c(CNC(=O)c2cc(C3CNC3)cc(N(C)C3CCOCC3)c2C)c(=O)[nH]1. The molecule has 7 nitrogen and oxygen atoms in total. The number of aromatic amines is 1. The highest BCUT2D eigenvalue weighted by atomic mass is 16.5. The van der Waals surface area contributed by atoms with E-state index in [1.54, 1.807) is 0 Å². The van der Waals surface area contributed by atoms with Crippen LogP contribution < -0.4 is 21.1 Å². The number of H-pyrrole nitrogens is 1. The number of hydrogen-bond acceptors (Lipinski definition) is 5. The second kappa shape index (κ2) is 9.46. The Balaban J connectivity index is 1.62. The summed E-state index contributed by atoms with van der Waals surface area (Å²) >= 11 is 0. The standard InChI is InChI=1S/C25H34N4O3/c1-15-9-16(2)28-25(31)22(15)14-27-24(30)21-10-18(19-12-26-13-19)11-23(17(21)3)29(4)20-5-7-32-8-6-20/h9-11,19-20,26H,5-8,12-14H2,1-4H3,(H,27,30)(H,28,31). The van der Waals surface area contributed by atoms with Crippen molar-refractivity contribution in [3.63, 3.8) is 0 Å². The van der Waals surface area contributed by atoms with Gasteiger partial charge in [0.1, 0.15) is 0 Å². The van der Waals surface area contributed by atoms with Crippen LogP contribution in [0.1, 0.15) is 57.1 Å². The first-order chi connectivity index (χ1) is 15.3. The molecule has 2 fully saturated rings. The third-order valence-electron chi connectivity index (χ3n) is 6.94. The van der Waals surface area contributed by atoms with E-state index in [-0.39, 0.29) is 18.0 Å². The van der Waals surface area contributed by atoms with Gasteiger partial charge in [0.15, 0.2) is 0 Å². The number of anilines is 1. The summed E-state index contributed by atoms with van der Waals surface area (Å²) in [6.07, 6.45) is 1.98. The van der Waals surface area contributed by atoms with Crippen molar-refractivity contribution >= 4 is 11.6 Å². The maximum Gasteiger partial charge on any atom is 0.253 e. The Morgan fingerprint density at radius 2 is 1.88 bits per heavy atom. The van der Waals surface area contributed by atoms with E-state index in [9.17, 15) is 9.59 Å². The van der Waals surface area contributed by atoms with Crippen LogP contribution in [0.3, 0.4) is 0 Å². The van der Waals surface area contributed by atoms with Gasteiger partial charge in [-0.2, -0.15) is 0 Å². The van der Waals surface area contributed by atoms with Crippen LogP contribution in [0.4, 0.5) is 5.69 Å². The van der Waals surface area contributed by atoms with Gasteiger partial charge in [-0.05, 0) is 68.5 Å². The molecule has 2 aliphatic rings. The lowest BCUT2D eigenvalue weighted by Gasteiger charge is -2.36. The van der Waals surface area contributed by atoms with E-state index in [2.05, 4.69) is 33.6 Å². The predicted molar refractivity (Wildman–Crippen MR) is 127 cm³/mol. The number of benzene rings is 1. The van der Waals surface area contributed by atoms with Gasteiger partial charge in [-0.1, -0.05) is 0 Å². The Morgan fingerprint density at radius 1 is 1.16 bits per heavy atom. The van der Waals surface area contributed by atoms with E-state index in [0.29, 0.717) is 23.1 Å². The molecule has 0 atom stereocenters. The van der Waals surface area contributed by atoms with E-state index >= 15 is 0 Å². The van der Waals surface area contributed by atoms with E-state index in [1.807, 2.05) is 32.9 Å². The summed E-state index contributed by atoms with van der Waals surface area (Å²) in [6.45, 7) is 9.41. The fraction of sp³-hybridized carbons (Fsp3) is 0.520. The van der Waals surface area contributed by atoms with E-state index in [0.717, 1.165) is 61.7 Å². The molecule has 1 aromatic carbocycles. The van der Waals surface area contributed by atoms with Crippen LogP contribution in [-0.2, 0) is 11.3 Å². The molecule has 2 aliphatic heterocycles. The minimum atomic E-state index is -0.145. The molecular weight excluding hydrogens is 404 g/mol. The number of aromatic nitrogens is 1. The van der Waals surface area contributed by atoms with Gasteiger partial charge in [0, 0.05) is 74.4 Å². The maximum atomic E-state index is 13.3. The summed E-state index contributed by atoms with van der Waals surface area (Å²) in [4.78, 5) is 30.8. The van der Waals surface area contributed by atoms with Crippen molar-refractivity contribution in [2.75, 3.05) is 38.3 Å². The predicted octanol–water partition coefficient (Wildman–Crippen LogP) is 2.53. The largest absolute Gasteiger partial charge is 0.381 e. The van der Waals surface area contributed by atoms with Crippen molar-refractivity contribution in [2.45, 2.75) is 52.1 Å². The molecule has 0 aliphatic carbocycles. The lowest BCUT2D eigenvalue weighted by atomic mass is 9.89. The molecule has 2 aromatic rings. The molecule has 0 radical (unpaired) electrons. The number of nitrogens with zero attached hydrogens (tertiary/aromatic N) is 1. The molecule has 7 heteroatoms. The van der Waals surface area contributed by atoms with Crippen molar-refractivity contribution in [1.82, 2.24) is 15.6 Å². The molecule has 0 unspecified atom stereocenters. The van der Waals surface area contributed by atoms with E-state index in [4.69, 9.17) is 4.74 Å². The highest BCUT2D eigenvalue weighted by Gasteiger charge is 2.26. The summed E-state index contributed by atoms with van der Waals surface area (Å²) in [6, 6.07) is 6.62. The first kappa shape index (κ1) is 22.6. The number of carbonyl (C=O) groups excluding carboxylic acids is 1. The number of ether oxygens (including phenoxy) is 1. The number of pyridine rings is 1. The summed E-state index contributed by atoms with van der Waals surface area (Å²) in [5.74, 6) is 0.281. The Hall–Kier alpha value is -2.64. The van der Waals surface area contributed by atoms with Crippen molar-refractivity contribution in [3.05, 3.63) is 62.1 Å². The third-order valence-corrected chi connectivity index (χ3v) is 6.94. The normalized spacial score (nSPS) is 17.1. The van der Waals surface area contributed by atoms with Gasteiger partial charge in [0.25, 0.3) is 11.5 Å². The van der Waals surface area contributed by atoms with E-state index < -0.39 is 0 Å². The molecule has 172 valence electrons. The van der Waals surface area contributed by atoms with Crippen LogP contribution in [-0.4, -0.2) is 50.3 Å². The number of amides is 1. The molecule has 3 N–H and O–H groups in total. The molecule has 1 amide bonds. The summed E-state index contributed by atoms with van der Waals surface area (Å²) < 4.78 is 5.54. The molecule has 32 heavy (non-hydrogen) atoms. The van der Waals surface area contributed by atoms with E-state index in [1.165, 1.54) is 5.56 Å². The first-order valence-corrected chi connectivity index (χ1v) is 11.5. The molecule has 0 bridgehead atoms.